The van der Waals surface area contributed by atoms with Crippen molar-refractivity contribution in [2.45, 2.75) is 71.9 Å². The van der Waals surface area contributed by atoms with Gasteiger partial charge in [0.2, 0.25) is 11.8 Å². The summed E-state index contributed by atoms with van der Waals surface area (Å²) in [6.07, 6.45) is 5.00. The maximum atomic E-state index is 13.7. The van der Waals surface area contributed by atoms with E-state index in [1.54, 1.807) is 6.92 Å². The van der Waals surface area contributed by atoms with Gasteiger partial charge in [0.25, 0.3) is 0 Å². The molecule has 40 heavy (non-hydrogen) atoms. The second-order valence-corrected chi connectivity index (χ2v) is 13.3. The van der Waals surface area contributed by atoms with Crippen molar-refractivity contribution >= 4 is 11.8 Å². The Morgan fingerprint density at radius 3 is 2.10 bits per heavy atom. The fourth-order valence-electron chi connectivity index (χ4n) is 6.39. The van der Waals surface area contributed by atoms with Gasteiger partial charge in [0.05, 0.1) is 12.6 Å². The molecule has 1 aliphatic carbocycles. The minimum absolute atomic E-state index is 0.0476. The average molecular weight is 546 g/mol. The van der Waals surface area contributed by atoms with Crippen LogP contribution in [0.15, 0.2) is 54.6 Å². The first-order chi connectivity index (χ1) is 19.2. The van der Waals surface area contributed by atoms with Crippen LogP contribution in [0.5, 0.6) is 5.75 Å². The van der Waals surface area contributed by atoms with E-state index in [1.165, 1.54) is 24.0 Å². The number of hydrogen-bond donors (Lipinski definition) is 0. The summed E-state index contributed by atoms with van der Waals surface area (Å²) in [6.45, 7) is 13.2. The van der Waals surface area contributed by atoms with E-state index in [0.29, 0.717) is 12.3 Å². The van der Waals surface area contributed by atoms with Gasteiger partial charge in [-0.2, -0.15) is 0 Å². The molecule has 0 N–H and O–H groups in total. The normalized spacial score (nSPS) is 21.8. The third-order valence-electron chi connectivity index (χ3n) is 9.11. The number of piperazine rings is 1. The fourth-order valence-corrected chi connectivity index (χ4v) is 6.39. The zero-order valence-corrected chi connectivity index (χ0v) is 24.9. The maximum Gasteiger partial charge on any atom is 0.223 e. The number of carbonyl (C=O) groups excluding carboxylic acids is 2. The molecule has 0 radical (unpaired) electrons. The number of ether oxygens (including phenoxy) is 1. The topological polar surface area (TPSA) is 53.1 Å². The predicted octanol–water partition coefficient (Wildman–Crippen LogP) is 5.77. The Kier molecular flexibility index (Phi) is 8.84. The van der Waals surface area contributed by atoms with Crippen molar-refractivity contribution in [3.05, 3.63) is 65.7 Å². The van der Waals surface area contributed by atoms with Crippen LogP contribution < -0.4 is 4.74 Å². The van der Waals surface area contributed by atoms with Crippen LogP contribution in [0.2, 0.25) is 0 Å². The van der Waals surface area contributed by atoms with Gasteiger partial charge in [-0.05, 0) is 66.2 Å². The Bertz CT molecular complexity index is 1130. The van der Waals surface area contributed by atoms with E-state index in [2.05, 4.69) is 85.2 Å². The van der Waals surface area contributed by atoms with Gasteiger partial charge in [-0.1, -0.05) is 63.2 Å². The van der Waals surface area contributed by atoms with Crippen molar-refractivity contribution in [2.75, 3.05) is 39.3 Å². The van der Waals surface area contributed by atoms with Crippen LogP contribution in [0.3, 0.4) is 0 Å². The first-order valence-corrected chi connectivity index (χ1v) is 15.3. The molecule has 2 heterocycles. The SMILES string of the molecule is CC(=O)N1CCC(CC(=O)N2CCN(C(c3ccccc3)c3ccc(OCC4CC4)cc3)C[C@@H]2C(C)(C)C)CC1. The van der Waals surface area contributed by atoms with E-state index >= 15 is 0 Å². The minimum atomic E-state index is -0.0476. The Labute approximate surface area is 240 Å². The molecule has 0 aromatic heterocycles. The van der Waals surface area contributed by atoms with Crippen molar-refractivity contribution in [2.24, 2.45) is 17.3 Å². The molecular formula is C34H47N3O3. The summed E-state index contributed by atoms with van der Waals surface area (Å²) < 4.78 is 6.02. The molecule has 2 saturated heterocycles. The van der Waals surface area contributed by atoms with E-state index in [4.69, 9.17) is 4.74 Å². The summed E-state index contributed by atoms with van der Waals surface area (Å²) in [4.78, 5) is 32.1. The zero-order valence-electron chi connectivity index (χ0n) is 24.9. The summed E-state index contributed by atoms with van der Waals surface area (Å²) in [7, 11) is 0. The van der Waals surface area contributed by atoms with E-state index in [0.717, 1.165) is 63.8 Å². The van der Waals surface area contributed by atoms with E-state index < -0.39 is 0 Å². The highest BCUT2D eigenvalue weighted by Gasteiger charge is 2.40. The van der Waals surface area contributed by atoms with Crippen LogP contribution >= 0.6 is 0 Å². The third kappa shape index (κ3) is 7.06. The van der Waals surface area contributed by atoms with Gasteiger partial charge < -0.3 is 14.5 Å². The zero-order chi connectivity index (χ0) is 28.3. The fraction of sp³-hybridized carbons (Fsp3) is 0.588. The van der Waals surface area contributed by atoms with Gasteiger partial charge in [-0.3, -0.25) is 14.5 Å². The molecule has 2 amide bonds. The molecule has 0 bridgehead atoms. The summed E-state index contributed by atoms with van der Waals surface area (Å²) in [5, 5.41) is 0. The van der Waals surface area contributed by atoms with Crippen molar-refractivity contribution in [1.82, 2.24) is 14.7 Å². The summed E-state index contributed by atoms with van der Waals surface area (Å²) in [6, 6.07) is 19.7. The average Bonchev–Trinajstić information content (AvgIpc) is 3.78. The molecule has 2 aromatic carbocycles. The standard InChI is InChI=1S/C34H47N3O3/c1-25(38)35-18-16-26(17-19-35)22-32(39)37-21-20-36(23-31(37)34(2,3)4)33(28-8-6-5-7-9-28)29-12-14-30(15-13-29)40-24-27-10-11-27/h5-9,12-15,26-27,31,33H,10-11,16-24H2,1-4H3/t31-,33?/m1/s1. The van der Waals surface area contributed by atoms with Gasteiger partial charge in [-0.25, -0.2) is 0 Å². The lowest BCUT2D eigenvalue weighted by atomic mass is 9.82. The summed E-state index contributed by atoms with van der Waals surface area (Å²) >= 11 is 0. The van der Waals surface area contributed by atoms with Gasteiger partial charge in [-0.15, -0.1) is 0 Å². The van der Waals surface area contributed by atoms with Crippen LogP contribution in [0.25, 0.3) is 0 Å². The van der Waals surface area contributed by atoms with Crippen LogP contribution in [0, 0.1) is 17.3 Å². The second kappa shape index (κ2) is 12.3. The van der Waals surface area contributed by atoms with Gasteiger partial charge in [0, 0.05) is 52.1 Å². The largest absolute Gasteiger partial charge is 0.493 e. The highest BCUT2D eigenvalue weighted by molar-refractivity contribution is 5.77. The number of amides is 2. The van der Waals surface area contributed by atoms with E-state index in [1.807, 2.05) is 4.90 Å². The van der Waals surface area contributed by atoms with Crippen LogP contribution in [0.4, 0.5) is 0 Å². The van der Waals surface area contributed by atoms with E-state index in [9.17, 15) is 9.59 Å². The number of carbonyl (C=O) groups is 2. The van der Waals surface area contributed by atoms with Crippen molar-refractivity contribution < 1.29 is 14.3 Å². The molecule has 2 atom stereocenters. The number of hydrogen-bond acceptors (Lipinski definition) is 4. The highest BCUT2D eigenvalue weighted by atomic mass is 16.5. The van der Waals surface area contributed by atoms with E-state index in [-0.39, 0.29) is 29.3 Å². The van der Waals surface area contributed by atoms with Crippen molar-refractivity contribution in [3.8, 4) is 5.75 Å². The third-order valence-corrected chi connectivity index (χ3v) is 9.11. The minimum Gasteiger partial charge on any atom is -0.493 e. The predicted molar refractivity (Wildman–Crippen MR) is 159 cm³/mol. The highest BCUT2D eigenvalue weighted by Crippen LogP contribution is 2.37. The van der Waals surface area contributed by atoms with Crippen LogP contribution in [0.1, 0.15) is 77.0 Å². The van der Waals surface area contributed by atoms with Crippen molar-refractivity contribution in [3.63, 3.8) is 0 Å². The lowest BCUT2D eigenvalue weighted by molar-refractivity contribution is -0.141. The molecule has 1 unspecified atom stereocenters. The molecule has 3 aliphatic rings. The van der Waals surface area contributed by atoms with Crippen LogP contribution in [-0.2, 0) is 9.59 Å². The lowest BCUT2D eigenvalue weighted by Crippen LogP contribution is -2.60. The van der Waals surface area contributed by atoms with Crippen molar-refractivity contribution in [1.29, 1.82) is 0 Å². The maximum absolute atomic E-state index is 13.7. The number of benzene rings is 2. The molecule has 5 rings (SSSR count). The Morgan fingerprint density at radius 2 is 1.50 bits per heavy atom. The molecule has 2 aromatic rings. The smallest absolute Gasteiger partial charge is 0.223 e. The van der Waals surface area contributed by atoms with Crippen LogP contribution in [-0.4, -0.2) is 71.9 Å². The quantitative estimate of drug-likeness (QED) is 0.423. The molecule has 3 fully saturated rings. The molecule has 6 heteroatoms. The number of likely N-dealkylation sites (tertiary alicyclic amines) is 1. The first kappa shape index (κ1) is 28.7. The van der Waals surface area contributed by atoms with Gasteiger partial charge >= 0.3 is 0 Å². The number of rotatable bonds is 8. The molecule has 6 nitrogen and oxygen atoms in total. The summed E-state index contributed by atoms with van der Waals surface area (Å²) in [5.41, 5.74) is 2.49. The molecule has 0 spiro atoms. The Balaban J connectivity index is 1.31. The lowest BCUT2D eigenvalue weighted by Gasteiger charge is -2.50. The Hall–Kier alpha value is -2.86. The first-order valence-electron chi connectivity index (χ1n) is 15.3. The van der Waals surface area contributed by atoms with Gasteiger partial charge in [0.1, 0.15) is 5.75 Å². The molecular weight excluding hydrogens is 498 g/mol. The monoisotopic (exact) mass is 545 g/mol. The number of piperidine rings is 1. The second-order valence-electron chi connectivity index (χ2n) is 13.3. The number of nitrogens with zero attached hydrogens (tertiary/aromatic N) is 3. The Morgan fingerprint density at radius 1 is 0.850 bits per heavy atom. The summed E-state index contributed by atoms with van der Waals surface area (Å²) in [5.74, 6) is 2.45. The molecule has 1 saturated carbocycles. The molecule has 216 valence electrons. The van der Waals surface area contributed by atoms with Gasteiger partial charge in [0.15, 0.2) is 0 Å². The molecule has 2 aliphatic heterocycles.